The molecule has 0 radical (unpaired) electrons. The van der Waals surface area contributed by atoms with Crippen molar-refractivity contribution in [2.45, 2.75) is 0 Å². The van der Waals surface area contributed by atoms with Crippen molar-refractivity contribution in [2.75, 3.05) is 0 Å². The van der Waals surface area contributed by atoms with Gasteiger partial charge in [0.15, 0.2) is 0 Å². The van der Waals surface area contributed by atoms with Crippen LogP contribution < -0.4 is 5.43 Å². The van der Waals surface area contributed by atoms with E-state index < -0.39 is 10.8 Å². The first-order valence-corrected chi connectivity index (χ1v) is 6.69. The third-order valence-electron chi connectivity index (χ3n) is 2.61. The van der Waals surface area contributed by atoms with Gasteiger partial charge in [-0.2, -0.15) is 5.10 Å². The SMILES string of the molecule is O=C(N/N=C\c1ccccc1[N+](=O)[O-])c1ccc(Br)cc1. The maximum atomic E-state index is 11.8. The fourth-order valence-electron chi connectivity index (χ4n) is 1.59. The molecule has 6 nitrogen and oxygen atoms in total. The van der Waals surface area contributed by atoms with Crippen LogP contribution >= 0.6 is 15.9 Å². The molecular weight excluding hydrogens is 338 g/mol. The quantitative estimate of drug-likeness (QED) is 0.523. The average molecular weight is 348 g/mol. The highest BCUT2D eigenvalue weighted by Gasteiger charge is 2.10. The number of hydrazone groups is 1. The van der Waals surface area contributed by atoms with Crippen LogP contribution in [0, 0.1) is 10.1 Å². The van der Waals surface area contributed by atoms with Gasteiger partial charge in [0.2, 0.25) is 0 Å². The standard InChI is InChI=1S/C14H10BrN3O3/c15-12-7-5-10(6-8-12)14(19)17-16-9-11-3-1-2-4-13(11)18(20)21/h1-9H,(H,17,19)/b16-9-. The van der Waals surface area contributed by atoms with Gasteiger partial charge >= 0.3 is 0 Å². The van der Waals surface area contributed by atoms with Crippen LogP contribution in [-0.4, -0.2) is 17.0 Å². The lowest BCUT2D eigenvalue weighted by molar-refractivity contribution is -0.385. The van der Waals surface area contributed by atoms with Gasteiger partial charge < -0.3 is 0 Å². The third kappa shape index (κ3) is 3.96. The van der Waals surface area contributed by atoms with Crippen LogP contribution in [0.3, 0.4) is 0 Å². The molecule has 0 aromatic heterocycles. The first-order chi connectivity index (χ1) is 10.1. The average Bonchev–Trinajstić information content (AvgIpc) is 2.48. The number of hydrogen-bond donors (Lipinski definition) is 1. The normalized spacial score (nSPS) is 10.5. The molecule has 2 rings (SSSR count). The predicted molar refractivity (Wildman–Crippen MR) is 82.3 cm³/mol. The van der Waals surface area contributed by atoms with Crippen molar-refractivity contribution in [2.24, 2.45) is 5.10 Å². The molecule has 1 N–H and O–H groups in total. The van der Waals surface area contributed by atoms with E-state index in [0.717, 1.165) is 4.47 Å². The van der Waals surface area contributed by atoms with Crippen LogP contribution in [0.15, 0.2) is 58.1 Å². The minimum atomic E-state index is -0.502. The monoisotopic (exact) mass is 347 g/mol. The van der Waals surface area contributed by atoms with Crippen molar-refractivity contribution >= 4 is 33.7 Å². The Morgan fingerprint density at radius 1 is 1.19 bits per heavy atom. The minimum absolute atomic E-state index is 0.0702. The number of nitro groups is 1. The number of hydrogen-bond acceptors (Lipinski definition) is 4. The summed E-state index contributed by atoms with van der Waals surface area (Å²) in [6.45, 7) is 0. The van der Waals surface area contributed by atoms with Crippen LogP contribution in [0.5, 0.6) is 0 Å². The van der Waals surface area contributed by atoms with Crippen molar-refractivity contribution in [1.82, 2.24) is 5.43 Å². The molecule has 106 valence electrons. The van der Waals surface area contributed by atoms with Gasteiger partial charge in [0.1, 0.15) is 0 Å². The van der Waals surface area contributed by atoms with Crippen molar-refractivity contribution in [3.63, 3.8) is 0 Å². The van der Waals surface area contributed by atoms with Gasteiger partial charge in [-0.1, -0.05) is 28.1 Å². The van der Waals surface area contributed by atoms with E-state index in [0.29, 0.717) is 11.1 Å². The second-order valence-corrected chi connectivity index (χ2v) is 4.94. The number of benzene rings is 2. The van der Waals surface area contributed by atoms with Crippen molar-refractivity contribution in [3.8, 4) is 0 Å². The summed E-state index contributed by atoms with van der Waals surface area (Å²) in [5.41, 5.74) is 3.02. The molecular formula is C14H10BrN3O3. The van der Waals surface area contributed by atoms with Crippen LogP contribution in [-0.2, 0) is 0 Å². The van der Waals surface area contributed by atoms with E-state index in [1.165, 1.54) is 12.3 Å². The number of halogens is 1. The molecule has 7 heteroatoms. The molecule has 0 aliphatic carbocycles. The van der Waals surface area contributed by atoms with E-state index in [1.54, 1.807) is 42.5 Å². The summed E-state index contributed by atoms with van der Waals surface area (Å²) in [7, 11) is 0. The molecule has 21 heavy (non-hydrogen) atoms. The van der Waals surface area contributed by atoms with Gasteiger partial charge in [-0.05, 0) is 30.3 Å². The summed E-state index contributed by atoms with van der Waals surface area (Å²) >= 11 is 3.27. The number of carbonyl (C=O) groups is 1. The molecule has 0 bridgehead atoms. The lowest BCUT2D eigenvalue weighted by Gasteiger charge is -2.00. The summed E-state index contributed by atoms with van der Waals surface area (Å²) in [6.07, 6.45) is 1.24. The zero-order valence-electron chi connectivity index (χ0n) is 10.7. The van der Waals surface area contributed by atoms with Crippen molar-refractivity contribution in [3.05, 3.63) is 74.2 Å². The Kier molecular flexibility index (Phi) is 4.78. The van der Waals surface area contributed by atoms with Gasteiger partial charge in [-0.3, -0.25) is 14.9 Å². The predicted octanol–water partition coefficient (Wildman–Crippen LogP) is 3.12. The number of nitrogens with one attached hydrogen (secondary N) is 1. The molecule has 0 saturated heterocycles. The fourth-order valence-corrected chi connectivity index (χ4v) is 1.85. The number of nitro benzene ring substituents is 1. The molecule has 0 aliphatic rings. The molecule has 0 fully saturated rings. The molecule has 1 amide bonds. The molecule has 2 aromatic carbocycles. The van der Waals surface area contributed by atoms with E-state index in [1.807, 2.05) is 0 Å². The fraction of sp³-hybridized carbons (Fsp3) is 0. The molecule has 2 aromatic rings. The number of para-hydroxylation sites is 1. The van der Waals surface area contributed by atoms with Gasteiger partial charge in [0.25, 0.3) is 11.6 Å². The van der Waals surface area contributed by atoms with Gasteiger partial charge in [-0.25, -0.2) is 5.43 Å². The second kappa shape index (κ2) is 6.76. The highest BCUT2D eigenvalue weighted by Crippen LogP contribution is 2.15. The molecule has 0 aliphatic heterocycles. The van der Waals surface area contributed by atoms with Crippen LogP contribution in [0.2, 0.25) is 0 Å². The topological polar surface area (TPSA) is 84.6 Å². The Morgan fingerprint density at radius 2 is 1.86 bits per heavy atom. The second-order valence-electron chi connectivity index (χ2n) is 4.02. The first-order valence-electron chi connectivity index (χ1n) is 5.90. The minimum Gasteiger partial charge on any atom is -0.267 e. The summed E-state index contributed by atoms with van der Waals surface area (Å²) < 4.78 is 0.863. The molecule has 0 saturated carbocycles. The van der Waals surface area contributed by atoms with Crippen molar-refractivity contribution < 1.29 is 9.72 Å². The van der Waals surface area contributed by atoms with E-state index >= 15 is 0 Å². The smallest absolute Gasteiger partial charge is 0.267 e. The third-order valence-corrected chi connectivity index (χ3v) is 3.14. The zero-order valence-corrected chi connectivity index (χ0v) is 12.3. The number of amides is 1. The van der Waals surface area contributed by atoms with Crippen molar-refractivity contribution in [1.29, 1.82) is 0 Å². The molecule has 0 heterocycles. The van der Waals surface area contributed by atoms with Crippen LogP contribution in [0.25, 0.3) is 0 Å². The van der Waals surface area contributed by atoms with Gasteiger partial charge in [0.05, 0.1) is 16.7 Å². The highest BCUT2D eigenvalue weighted by atomic mass is 79.9. The number of carbonyl (C=O) groups excluding carboxylic acids is 1. The lowest BCUT2D eigenvalue weighted by Crippen LogP contribution is -2.17. The van der Waals surface area contributed by atoms with Gasteiger partial charge in [-0.15, -0.1) is 0 Å². The first kappa shape index (κ1) is 14.9. The van der Waals surface area contributed by atoms with Crippen LogP contribution in [0.4, 0.5) is 5.69 Å². The Hall–Kier alpha value is -2.54. The summed E-state index contributed by atoms with van der Waals surface area (Å²) in [5.74, 6) is -0.391. The van der Waals surface area contributed by atoms with Crippen LogP contribution in [0.1, 0.15) is 15.9 Å². The largest absolute Gasteiger partial charge is 0.278 e. The highest BCUT2D eigenvalue weighted by molar-refractivity contribution is 9.10. The molecule has 0 unspecified atom stereocenters. The van der Waals surface area contributed by atoms with E-state index in [2.05, 4.69) is 26.5 Å². The van der Waals surface area contributed by atoms with E-state index in [-0.39, 0.29) is 5.69 Å². The maximum Gasteiger partial charge on any atom is 0.278 e. The molecule has 0 spiro atoms. The Balaban J connectivity index is 2.07. The Bertz CT molecular complexity index is 699. The number of nitrogens with zero attached hydrogens (tertiary/aromatic N) is 2. The maximum absolute atomic E-state index is 11.8. The lowest BCUT2D eigenvalue weighted by atomic mass is 10.2. The van der Waals surface area contributed by atoms with Gasteiger partial charge in [0, 0.05) is 16.1 Å². The summed E-state index contributed by atoms with van der Waals surface area (Å²) in [4.78, 5) is 22.1. The zero-order chi connectivity index (χ0) is 15.2. The number of rotatable bonds is 4. The summed E-state index contributed by atoms with van der Waals surface area (Å²) in [6, 6.07) is 12.9. The Morgan fingerprint density at radius 3 is 2.52 bits per heavy atom. The summed E-state index contributed by atoms with van der Waals surface area (Å²) in [5, 5.41) is 14.6. The van der Waals surface area contributed by atoms with E-state index in [9.17, 15) is 14.9 Å². The Labute approximate surface area is 128 Å². The van der Waals surface area contributed by atoms with E-state index in [4.69, 9.17) is 0 Å². The molecule has 0 atom stereocenters.